The maximum absolute atomic E-state index is 12.8. The van der Waals surface area contributed by atoms with Crippen molar-refractivity contribution in [2.24, 2.45) is 5.92 Å². The molecule has 2 heterocycles. The van der Waals surface area contributed by atoms with E-state index in [0.717, 1.165) is 17.7 Å². The second kappa shape index (κ2) is 8.16. The molecule has 3 aromatic rings. The highest BCUT2D eigenvalue weighted by molar-refractivity contribution is 5.78. The molecule has 0 fully saturated rings. The van der Waals surface area contributed by atoms with Crippen molar-refractivity contribution in [3.8, 4) is 0 Å². The normalized spacial score (nSPS) is 13.3. The third-order valence-electron chi connectivity index (χ3n) is 4.92. The molecule has 27 heavy (non-hydrogen) atoms. The Hall–Kier alpha value is -2.95. The van der Waals surface area contributed by atoms with Crippen LogP contribution in [0.15, 0.2) is 59.4 Å². The third kappa shape index (κ3) is 4.08. The molecule has 140 valence electrons. The van der Waals surface area contributed by atoms with Gasteiger partial charge in [0.05, 0.1) is 11.6 Å². The minimum atomic E-state index is -0.333. The molecule has 0 amide bonds. The van der Waals surface area contributed by atoms with Crippen molar-refractivity contribution in [1.82, 2.24) is 9.38 Å². The Kier molecular flexibility index (Phi) is 5.69. The summed E-state index contributed by atoms with van der Waals surface area (Å²) in [5, 5.41) is 0. The molecule has 0 bridgehead atoms. The van der Waals surface area contributed by atoms with Crippen LogP contribution in [-0.4, -0.2) is 15.4 Å². The van der Waals surface area contributed by atoms with Crippen LogP contribution >= 0.6 is 0 Å². The first-order valence-electron chi connectivity index (χ1n) is 9.21. The predicted molar refractivity (Wildman–Crippen MR) is 105 cm³/mol. The lowest BCUT2D eigenvalue weighted by atomic mass is 9.86. The minimum Gasteiger partial charge on any atom is -0.459 e. The van der Waals surface area contributed by atoms with Gasteiger partial charge in [0, 0.05) is 11.8 Å². The number of hydrogen-bond donors (Lipinski definition) is 0. The summed E-state index contributed by atoms with van der Waals surface area (Å²) < 4.78 is 7.09. The molecule has 5 nitrogen and oxygen atoms in total. The number of esters is 1. The van der Waals surface area contributed by atoms with Gasteiger partial charge in [0.15, 0.2) is 0 Å². The van der Waals surface area contributed by atoms with E-state index in [9.17, 15) is 9.59 Å². The number of pyridine rings is 1. The van der Waals surface area contributed by atoms with Crippen molar-refractivity contribution >= 4 is 11.6 Å². The first-order chi connectivity index (χ1) is 13.0. The number of benzene rings is 1. The number of fused-ring (bicyclic) bond motifs is 1. The summed E-state index contributed by atoms with van der Waals surface area (Å²) >= 11 is 0. The molecule has 0 radical (unpaired) electrons. The number of nitrogens with zero attached hydrogens (tertiary/aromatic N) is 2. The molecule has 3 rings (SSSR count). The topological polar surface area (TPSA) is 60.7 Å². The average molecular weight is 364 g/mol. The lowest BCUT2D eigenvalue weighted by molar-refractivity contribution is -0.148. The highest BCUT2D eigenvalue weighted by Crippen LogP contribution is 2.28. The van der Waals surface area contributed by atoms with Crippen molar-refractivity contribution in [2.75, 3.05) is 0 Å². The molecule has 0 aliphatic heterocycles. The quantitative estimate of drug-likeness (QED) is 0.623. The number of hydrogen-bond acceptors (Lipinski definition) is 4. The number of carbonyl (C=O) groups is 1. The van der Waals surface area contributed by atoms with E-state index in [1.807, 2.05) is 56.3 Å². The van der Waals surface area contributed by atoms with Crippen molar-refractivity contribution in [3.05, 3.63) is 81.9 Å². The van der Waals surface area contributed by atoms with E-state index in [0.29, 0.717) is 11.3 Å². The van der Waals surface area contributed by atoms with Crippen LogP contribution < -0.4 is 5.56 Å². The van der Waals surface area contributed by atoms with Gasteiger partial charge in [0.25, 0.3) is 5.56 Å². The standard InChI is InChI=1S/C22H24N2O3/c1-4-15(2)21(17-10-6-5-7-11-17)22(26)27-14-18-13-20(25)24-16(3)9-8-12-19(24)23-18/h5-13,15,21H,4,14H2,1-3H3/t15-,21+/m0/s1. The van der Waals surface area contributed by atoms with Crippen LogP contribution in [0.3, 0.4) is 0 Å². The number of rotatable bonds is 6. The van der Waals surface area contributed by atoms with E-state index < -0.39 is 0 Å². The van der Waals surface area contributed by atoms with E-state index >= 15 is 0 Å². The van der Waals surface area contributed by atoms with Crippen molar-refractivity contribution in [1.29, 1.82) is 0 Å². The number of ether oxygens (including phenoxy) is 1. The van der Waals surface area contributed by atoms with E-state index in [4.69, 9.17) is 4.74 Å². The first kappa shape index (κ1) is 18.8. The van der Waals surface area contributed by atoms with Gasteiger partial charge in [-0.15, -0.1) is 0 Å². The Morgan fingerprint density at radius 2 is 1.89 bits per heavy atom. The van der Waals surface area contributed by atoms with Gasteiger partial charge in [-0.2, -0.15) is 0 Å². The number of aryl methyl sites for hydroxylation is 1. The molecule has 0 saturated carbocycles. The Bertz CT molecular complexity index is 995. The Morgan fingerprint density at radius 3 is 2.59 bits per heavy atom. The Labute approximate surface area is 158 Å². The van der Waals surface area contributed by atoms with E-state index in [2.05, 4.69) is 11.9 Å². The number of carbonyl (C=O) groups excluding carboxylic acids is 1. The molecule has 0 saturated heterocycles. The van der Waals surface area contributed by atoms with Crippen LogP contribution in [0.2, 0.25) is 0 Å². The fourth-order valence-electron chi connectivity index (χ4n) is 3.27. The maximum Gasteiger partial charge on any atom is 0.314 e. The highest BCUT2D eigenvalue weighted by Gasteiger charge is 2.27. The van der Waals surface area contributed by atoms with Gasteiger partial charge in [0.1, 0.15) is 12.3 Å². The van der Waals surface area contributed by atoms with Crippen molar-refractivity contribution in [2.45, 2.75) is 39.7 Å². The molecule has 5 heteroatoms. The lowest BCUT2D eigenvalue weighted by Gasteiger charge is -2.21. The van der Waals surface area contributed by atoms with E-state index in [1.54, 1.807) is 6.07 Å². The summed E-state index contributed by atoms with van der Waals surface area (Å²) in [7, 11) is 0. The molecule has 0 unspecified atom stereocenters. The van der Waals surface area contributed by atoms with Gasteiger partial charge in [-0.25, -0.2) is 4.98 Å². The monoisotopic (exact) mass is 364 g/mol. The van der Waals surface area contributed by atoms with Crippen LogP contribution in [-0.2, 0) is 16.1 Å². The number of aromatic nitrogens is 2. The zero-order valence-electron chi connectivity index (χ0n) is 15.9. The van der Waals surface area contributed by atoms with Gasteiger partial charge in [-0.3, -0.25) is 14.0 Å². The van der Waals surface area contributed by atoms with Crippen molar-refractivity contribution < 1.29 is 9.53 Å². The molecule has 0 N–H and O–H groups in total. The Morgan fingerprint density at radius 1 is 1.15 bits per heavy atom. The smallest absolute Gasteiger partial charge is 0.314 e. The van der Waals surface area contributed by atoms with Gasteiger partial charge in [-0.1, -0.05) is 56.7 Å². The summed E-state index contributed by atoms with van der Waals surface area (Å²) in [5.41, 5.74) is 2.59. The summed E-state index contributed by atoms with van der Waals surface area (Å²) in [4.78, 5) is 29.6. The van der Waals surface area contributed by atoms with E-state index in [1.165, 1.54) is 10.5 Å². The highest BCUT2D eigenvalue weighted by atomic mass is 16.5. The largest absolute Gasteiger partial charge is 0.459 e. The Balaban J connectivity index is 1.81. The zero-order chi connectivity index (χ0) is 19.4. The summed E-state index contributed by atoms with van der Waals surface area (Å²) in [6.45, 7) is 5.94. The third-order valence-corrected chi connectivity index (χ3v) is 4.92. The average Bonchev–Trinajstić information content (AvgIpc) is 2.67. The zero-order valence-corrected chi connectivity index (χ0v) is 15.9. The second-order valence-electron chi connectivity index (χ2n) is 6.83. The van der Waals surface area contributed by atoms with Gasteiger partial charge in [-0.05, 0) is 30.5 Å². The van der Waals surface area contributed by atoms with E-state index in [-0.39, 0.29) is 30.0 Å². The summed E-state index contributed by atoms with van der Waals surface area (Å²) in [6.07, 6.45) is 0.865. The molecular formula is C22H24N2O3. The fourth-order valence-corrected chi connectivity index (χ4v) is 3.27. The van der Waals surface area contributed by atoms with Crippen LogP contribution in [0.25, 0.3) is 5.65 Å². The molecule has 1 aromatic carbocycles. The minimum absolute atomic E-state index is 0.0156. The molecule has 2 aromatic heterocycles. The SMILES string of the molecule is CC[C@H](C)[C@@H](C(=O)OCc1cc(=O)n2c(C)cccc2n1)c1ccccc1. The molecule has 2 atom stereocenters. The van der Waals surface area contributed by atoms with Gasteiger partial charge in [0.2, 0.25) is 0 Å². The molecule has 0 aliphatic rings. The molecule has 0 spiro atoms. The fraction of sp³-hybridized carbons (Fsp3) is 0.318. The van der Waals surface area contributed by atoms with Crippen LogP contribution in [0.4, 0.5) is 0 Å². The first-order valence-corrected chi connectivity index (χ1v) is 9.21. The molecule has 0 aliphatic carbocycles. The summed E-state index contributed by atoms with van der Waals surface area (Å²) in [6, 6.07) is 16.6. The van der Waals surface area contributed by atoms with Crippen LogP contribution in [0, 0.1) is 12.8 Å². The van der Waals surface area contributed by atoms with Crippen molar-refractivity contribution in [3.63, 3.8) is 0 Å². The molecular weight excluding hydrogens is 340 g/mol. The predicted octanol–water partition coefficient (Wildman–Crippen LogP) is 3.88. The second-order valence-corrected chi connectivity index (χ2v) is 6.83. The van der Waals surface area contributed by atoms with Crippen LogP contribution in [0.1, 0.15) is 43.1 Å². The summed E-state index contributed by atoms with van der Waals surface area (Å²) in [5.74, 6) is -0.473. The van der Waals surface area contributed by atoms with Gasteiger partial charge < -0.3 is 4.74 Å². The maximum atomic E-state index is 12.8. The van der Waals surface area contributed by atoms with Gasteiger partial charge >= 0.3 is 5.97 Å². The lowest BCUT2D eigenvalue weighted by Crippen LogP contribution is -2.23. The van der Waals surface area contributed by atoms with Crippen LogP contribution in [0.5, 0.6) is 0 Å².